The van der Waals surface area contributed by atoms with Crippen molar-refractivity contribution in [3.8, 4) is 0 Å². The summed E-state index contributed by atoms with van der Waals surface area (Å²) in [5, 5.41) is 3.51. The first-order valence-electron chi connectivity index (χ1n) is 11.3. The van der Waals surface area contributed by atoms with Gasteiger partial charge in [0.2, 0.25) is 5.91 Å². The van der Waals surface area contributed by atoms with E-state index in [1.54, 1.807) is 6.92 Å². The number of piperidine rings is 1. The van der Waals surface area contributed by atoms with Crippen molar-refractivity contribution in [1.29, 1.82) is 0 Å². The van der Waals surface area contributed by atoms with Crippen molar-refractivity contribution in [1.82, 2.24) is 20.0 Å². The molecule has 0 spiro atoms. The van der Waals surface area contributed by atoms with Crippen LogP contribution < -0.4 is 5.32 Å². The molecule has 8 nitrogen and oxygen atoms in total. The number of hydrogen-bond donors (Lipinski definition) is 1. The number of piperazine rings is 1. The predicted octanol–water partition coefficient (Wildman–Crippen LogP) is 0.776. The third-order valence-electron chi connectivity index (χ3n) is 6.27. The highest BCUT2D eigenvalue weighted by molar-refractivity contribution is 5.80. The van der Waals surface area contributed by atoms with Gasteiger partial charge in [-0.05, 0) is 32.1 Å². The van der Waals surface area contributed by atoms with E-state index in [1.807, 2.05) is 11.9 Å². The molecule has 0 aromatic heterocycles. The third kappa shape index (κ3) is 7.12. The topological polar surface area (TPSA) is 69.6 Å². The Morgan fingerprint density at radius 1 is 1.07 bits per heavy atom. The highest BCUT2D eigenvalue weighted by atomic mass is 16.5. The zero-order valence-electron chi connectivity index (χ0n) is 18.3. The number of aliphatic imine (C=N–C) groups is 1. The van der Waals surface area contributed by atoms with E-state index in [2.05, 4.69) is 20.1 Å². The summed E-state index contributed by atoms with van der Waals surface area (Å²) in [7, 11) is 1.86. The molecule has 1 unspecified atom stereocenters. The number of guanidine groups is 1. The van der Waals surface area contributed by atoms with Crippen LogP contribution in [0.3, 0.4) is 0 Å². The summed E-state index contributed by atoms with van der Waals surface area (Å²) in [6.07, 6.45) is 6.32. The van der Waals surface area contributed by atoms with Gasteiger partial charge in [0.1, 0.15) is 0 Å². The maximum Gasteiger partial charge on any atom is 0.219 e. The molecule has 3 heterocycles. The molecule has 0 bridgehead atoms. The van der Waals surface area contributed by atoms with Crippen molar-refractivity contribution < 1.29 is 14.3 Å². The second-order valence-electron chi connectivity index (χ2n) is 8.33. The first kappa shape index (κ1) is 22.3. The predicted molar refractivity (Wildman–Crippen MR) is 114 cm³/mol. The van der Waals surface area contributed by atoms with Crippen molar-refractivity contribution in [3.63, 3.8) is 0 Å². The van der Waals surface area contributed by atoms with E-state index in [-0.39, 0.29) is 5.91 Å². The van der Waals surface area contributed by atoms with Crippen LogP contribution in [0.5, 0.6) is 0 Å². The highest BCUT2D eigenvalue weighted by Gasteiger charge is 2.24. The van der Waals surface area contributed by atoms with Gasteiger partial charge in [0, 0.05) is 72.9 Å². The minimum Gasteiger partial charge on any atom is -0.376 e. The normalized spacial score (nSPS) is 25.3. The van der Waals surface area contributed by atoms with Crippen LogP contribution in [-0.2, 0) is 14.3 Å². The van der Waals surface area contributed by atoms with E-state index < -0.39 is 0 Å². The molecule has 166 valence electrons. The molecule has 29 heavy (non-hydrogen) atoms. The Morgan fingerprint density at radius 2 is 1.83 bits per heavy atom. The molecule has 3 saturated heterocycles. The number of nitrogens with one attached hydrogen (secondary N) is 1. The van der Waals surface area contributed by atoms with Gasteiger partial charge in [0.05, 0.1) is 18.8 Å². The molecule has 1 amide bonds. The Labute approximate surface area is 175 Å². The molecule has 1 atom stereocenters. The van der Waals surface area contributed by atoms with Gasteiger partial charge in [0.15, 0.2) is 5.96 Å². The minimum atomic E-state index is 0.182. The van der Waals surface area contributed by atoms with Crippen LogP contribution in [0.1, 0.15) is 39.0 Å². The summed E-state index contributed by atoms with van der Waals surface area (Å²) < 4.78 is 11.9. The summed E-state index contributed by atoms with van der Waals surface area (Å²) >= 11 is 0. The van der Waals surface area contributed by atoms with Crippen LogP contribution in [0.2, 0.25) is 0 Å². The Balaban J connectivity index is 1.29. The monoisotopic (exact) mass is 409 g/mol. The molecule has 0 radical (unpaired) electrons. The molecule has 0 aromatic carbocycles. The zero-order chi connectivity index (χ0) is 20.5. The SMILES string of the molecule is CN=C(NCCN1CCN(C(C)=O)CC1)N1CCC(OCC2CCCCO2)CC1. The lowest BCUT2D eigenvalue weighted by molar-refractivity contribution is -0.130. The summed E-state index contributed by atoms with van der Waals surface area (Å²) in [6.45, 7) is 10.7. The van der Waals surface area contributed by atoms with Crippen molar-refractivity contribution in [2.75, 3.05) is 72.6 Å². The van der Waals surface area contributed by atoms with Crippen molar-refractivity contribution in [2.24, 2.45) is 4.99 Å². The fourth-order valence-electron chi connectivity index (χ4n) is 4.36. The molecule has 3 rings (SSSR count). The number of hydrogen-bond acceptors (Lipinski definition) is 5. The maximum atomic E-state index is 11.4. The Morgan fingerprint density at radius 3 is 2.45 bits per heavy atom. The first-order valence-corrected chi connectivity index (χ1v) is 11.3. The molecule has 0 aromatic rings. The Bertz CT molecular complexity index is 522. The molecule has 8 heteroatoms. The van der Waals surface area contributed by atoms with E-state index in [0.717, 1.165) is 90.8 Å². The quantitative estimate of drug-likeness (QED) is 0.516. The molecule has 0 aliphatic carbocycles. The van der Waals surface area contributed by atoms with Crippen molar-refractivity contribution >= 4 is 11.9 Å². The lowest BCUT2D eigenvalue weighted by Crippen LogP contribution is -2.51. The second kappa shape index (κ2) is 11.7. The van der Waals surface area contributed by atoms with Crippen LogP contribution >= 0.6 is 0 Å². The average Bonchev–Trinajstić information content (AvgIpc) is 2.77. The maximum absolute atomic E-state index is 11.4. The smallest absolute Gasteiger partial charge is 0.219 e. The summed E-state index contributed by atoms with van der Waals surface area (Å²) in [4.78, 5) is 22.6. The molecule has 3 aliphatic rings. The highest BCUT2D eigenvalue weighted by Crippen LogP contribution is 2.18. The molecule has 3 fully saturated rings. The Kier molecular flexibility index (Phi) is 9.01. The summed E-state index contributed by atoms with van der Waals surface area (Å²) in [6, 6.07) is 0. The van der Waals surface area contributed by atoms with Gasteiger partial charge in [-0.25, -0.2) is 0 Å². The fourth-order valence-corrected chi connectivity index (χ4v) is 4.36. The molecular formula is C21H39N5O3. The number of likely N-dealkylation sites (tertiary alicyclic amines) is 1. The van der Waals surface area contributed by atoms with E-state index in [1.165, 1.54) is 12.8 Å². The first-order chi connectivity index (χ1) is 14.2. The van der Waals surface area contributed by atoms with E-state index in [9.17, 15) is 4.79 Å². The summed E-state index contributed by atoms with van der Waals surface area (Å²) in [5.74, 6) is 1.17. The number of ether oxygens (including phenoxy) is 2. The second-order valence-corrected chi connectivity index (χ2v) is 8.33. The minimum absolute atomic E-state index is 0.182. The summed E-state index contributed by atoms with van der Waals surface area (Å²) in [5.41, 5.74) is 0. The standard InChI is InChI=1S/C21H39N5O3/c1-18(27)25-14-12-24(13-15-25)11-8-23-21(22-2)26-9-6-19(7-10-26)29-17-20-5-3-4-16-28-20/h19-20H,3-17H2,1-2H3,(H,22,23). The number of amides is 1. The Hall–Kier alpha value is -1.38. The van der Waals surface area contributed by atoms with Gasteiger partial charge in [-0.2, -0.15) is 0 Å². The van der Waals surface area contributed by atoms with E-state index in [0.29, 0.717) is 12.2 Å². The van der Waals surface area contributed by atoms with Gasteiger partial charge in [-0.1, -0.05) is 0 Å². The molecule has 3 aliphatic heterocycles. The van der Waals surface area contributed by atoms with Crippen molar-refractivity contribution in [2.45, 2.75) is 51.2 Å². The largest absolute Gasteiger partial charge is 0.376 e. The van der Waals surface area contributed by atoms with E-state index >= 15 is 0 Å². The zero-order valence-corrected chi connectivity index (χ0v) is 18.3. The lowest BCUT2D eigenvalue weighted by atomic mass is 10.1. The van der Waals surface area contributed by atoms with Crippen LogP contribution in [0.15, 0.2) is 4.99 Å². The van der Waals surface area contributed by atoms with E-state index in [4.69, 9.17) is 9.47 Å². The van der Waals surface area contributed by atoms with Gasteiger partial charge in [0.25, 0.3) is 0 Å². The van der Waals surface area contributed by atoms with Gasteiger partial charge >= 0.3 is 0 Å². The number of rotatable bonds is 6. The third-order valence-corrected chi connectivity index (χ3v) is 6.27. The molecular weight excluding hydrogens is 370 g/mol. The lowest BCUT2D eigenvalue weighted by Gasteiger charge is -2.36. The van der Waals surface area contributed by atoms with Crippen LogP contribution in [0, 0.1) is 0 Å². The van der Waals surface area contributed by atoms with Crippen LogP contribution in [0.4, 0.5) is 0 Å². The number of carbonyl (C=O) groups is 1. The van der Waals surface area contributed by atoms with Crippen LogP contribution in [-0.4, -0.2) is 111 Å². The van der Waals surface area contributed by atoms with Gasteiger partial charge < -0.3 is 24.6 Å². The fraction of sp³-hybridized carbons (Fsp3) is 0.905. The molecule has 0 saturated carbocycles. The van der Waals surface area contributed by atoms with Gasteiger partial charge in [-0.3, -0.25) is 14.7 Å². The van der Waals surface area contributed by atoms with Crippen molar-refractivity contribution in [3.05, 3.63) is 0 Å². The number of carbonyl (C=O) groups excluding carboxylic acids is 1. The average molecular weight is 410 g/mol. The molecule has 1 N–H and O–H groups in total. The van der Waals surface area contributed by atoms with Crippen LogP contribution in [0.25, 0.3) is 0 Å². The van der Waals surface area contributed by atoms with Gasteiger partial charge in [-0.15, -0.1) is 0 Å². The number of nitrogens with zero attached hydrogens (tertiary/aromatic N) is 4.